The standard InChI is InChI=1S/C18H17N5O2/c1-13(24)19-11-14-7-9-15(10-8-14)17(25)12-23-21-18(20-22-23)16-5-3-2-4-6-16/h2-10H,11-12H2,1H3,(H,19,24). The summed E-state index contributed by atoms with van der Waals surface area (Å²) >= 11 is 0. The first-order valence-corrected chi connectivity index (χ1v) is 7.81. The van der Waals surface area contributed by atoms with Gasteiger partial charge in [0.25, 0.3) is 0 Å². The minimum Gasteiger partial charge on any atom is -0.352 e. The molecule has 0 spiro atoms. The van der Waals surface area contributed by atoms with Crippen molar-refractivity contribution in [3.63, 3.8) is 0 Å². The first-order chi connectivity index (χ1) is 12.1. The Balaban J connectivity index is 1.64. The van der Waals surface area contributed by atoms with E-state index in [1.165, 1.54) is 11.7 Å². The van der Waals surface area contributed by atoms with Gasteiger partial charge in [0.15, 0.2) is 5.78 Å². The van der Waals surface area contributed by atoms with Crippen molar-refractivity contribution in [3.05, 3.63) is 65.7 Å². The third kappa shape index (κ3) is 4.35. The molecule has 7 heteroatoms. The fourth-order valence-corrected chi connectivity index (χ4v) is 2.27. The highest BCUT2D eigenvalue weighted by molar-refractivity contribution is 5.95. The Bertz CT molecular complexity index is 872. The zero-order chi connectivity index (χ0) is 17.6. The molecular formula is C18H17N5O2. The van der Waals surface area contributed by atoms with Gasteiger partial charge in [-0.05, 0) is 10.8 Å². The van der Waals surface area contributed by atoms with Crippen LogP contribution < -0.4 is 5.32 Å². The maximum Gasteiger partial charge on any atom is 0.217 e. The minimum atomic E-state index is -0.108. The average Bonchev–Trinajstić information content (AvgIpc) is 3.09. The van der Waals surface area contributed by atoms with Gasteiger partial charge in [-0.25, -0.2) is 0 Å². The third-order valence-corrected chi connectivity index (χ3v) is 3.59. The predicted molar refractivity (Wildman–Crippen MR) is 91.5 cm³/mol. The van der Waals surface area contributed by atoms with Crippen LogP contribution in [0.4, 0.5) is 0 Å². The molecule has 1 amide bonds. The number of ketones is 1. The van der Waals surface area contributed by atoms with Crippen molar-refractivity contribution in [2.45, 2.75) is 20.0 Å². The molecule has 0 bridgehead atoms. The number of benzene rings is 2. The van der Waals surface area contributed by atoms with Crippen molar-refractivity contribution in [3.8, 4) is 11.4 Å². The van der Waals surface area contributed by atoms with Crippen LogP contribution in [0.1, 0.15) is 22.8 Å². The molecule has 0 radical (unpaired) electrons. The van der Waals surface area contributed by atoms with Gasteiger partial charge in [0.1, 0.15) is 6.54 Å². The summed E-state index contributed by atoms with van der Waals surface area (Å²) in [6.07, 6.45) is 0. The van der Waals surface area contributed by atoms with E-state index in [4.69, 9.17) is 0 Å². The summed E-state index contributed by atoms with van der Waals surface area (Å²) in [5.74, 6) is 0.286. The monoisotopic (exact) mass is 335 g/mol. The molecule has 0 fully saturated rings. The molecule has 1 N–H and O–H groups in total. The fourth-order valence-electron chi connectivity index (χ4n) is 2.27. The molecule has 2 aromatic carbocycles. The minimum absolute atomic E-state index is 0.0187. The van der Waals surface area contributed by atoms with E-state index in [-0.39, 0.29) is 18.2 Å². The van der Waals surface area contributed by atoms with Crippen molar-refractivity contribution in [2.75, 3.05) is 0 Å². The lowest BCUT2D eigenvalue weighted by Crippen LogP contribution is -2.19. The van der Waals surface area contributed by atoms with Crippen molar-refractivity contribution < 1.29 is 9.59 Å². The third-order valence-electron chi connectivity index (χ3n) is 3.59. The zero-order valence-electron chi connectivity index (χ0n) is 13.7. The number of hydrogen-bond acceptors (Lipinski definition) is 5. The number of aromatic nitrogens is 4. The number of Topliss-reactive ketones (excluding diaryl/α,β-unsaturated/α-hetero) is 1. The van der Waals surface area contributed by atoms with Gasteiger partial charge in [-0.2, -0.15) is 4.80 Å². The van der Waals surface area contributed by atoms with Gasteiger partial charge in [0.05, 0.1) is 0 Å². The van der Waals surface area contributed by atoms with Crippen molar-refractivity contribution in [1.82, 2.24) is 25.5 Å². The van der Waals surface area contributed by atoms with Crippen LogP contribution in [0, 0.1) is 0 Å². The van der Waals surface area contributed by atoms with Gasteiger partial charge in [0, 0.05) is 24.6 Å². The Hall–Kier alpha value is -3.35. The van der Waals surface area contributed by atoms with Crippen LogP contribution >= 0.6 is 0 Å². The van der Waals surface area contributed by atoms with E-state index in [1.807, 2.05) is 42.5 Å². The Morgan fingerprint density at radius 3 is 2.44 bits per heavy atom. The summed E-state index contributed by atoms with van der Waals surface area (Å²) in [6.45, 7) is 1.92. The number of tetrazole rings is 1. The summed E-state index contributed by atoms with van der Waals surface area (Å²) in [4.78, 5) is 24.5. The van der Waals surface area contributed by atoms with Gasteiger partial charge in [-0.15, -0.1) is 10.2 Å². The van der Waals surface area contributed by atoms with Gasteiger partial charge in [-0.1, -0.05) is 54.6 Å². The highest BCUT2D eigenvalue weighted by atomic mass is 16.1. The summed E-state index contributed by atoms with van der Waals surface area (Å²) < 4.78 is 0. The van der Waals surface area contributed by atoms with Crippen molar-refractivity contribution in [2.24, 2.45) is 0 Å². The number of nitrogens with zero attached hydrogens (tertiary/aromatic N) is 4. The molecule has 0 unspecified atom stereocenters. The number of rotatable bonds is 6. The van der Waals surface area contributed by atoms with E-state index >= 15 is 0 Å². The SMILES string of the molecule is CC(=O)NCc1ccc(C(=O)Cn2nnc(-c3ccccc3)n2)cc1. The lowest BCUT2D eigenvalue weighted by Gasteiger charge is -2.04. The lowest BCUT2D eigenvalue weighted by molar-refractivity contribution is -0.119. The molecular weight excluding hydrogens is 318 g/mol. The van der Waals surface area contributed by atoms with Gasteiger partial charge >= 0.3 is 0 Å². The Labute approximate surface area is 144 Å². The average molecular weight is 335 g/mol. The summed E-state index contributed by atoms with van der Waals surface area (Å²) in [5.41, 5.74) is 2.34. The molecule has 0 saturated heterocycles. The van der Waals surface area contributed by atoms with E-state index in [1.54, 1.807) is 12.1 Å². The number of carbonyl (C=O) groups excluding carboxylic acids is 2. The maximum absolute atomic E-state index is 12.3. The fraction of sp³-hybridized carbons (Fsp3) is 0.167. The number of carbonyl (C=O) groups is 2. The molecule has 0 aliphatic heterocycles. The van der Waals surface area contributed by atoms with Gasteiger partial charge in [0.2, 0.25) is 11.7 Å². The lowest BCUT2D eigenvalue weighted by atomic mass is 10.1. The normalized spacial score (nSPS) is 10.4. The zero-order valence-corrected chi connectivity index (χ0v) is 13.7. The Morgan fingerprint density at radius 1 is 1.04 bits per heavy atom. The molecule has 25 heavy (non-hydrogen) atoms. The maximum atomic E-state index is 12.3. The second kappa shape index (κ2) is 7.48. The second-order valence-electron chi connectivity index (χ2n) is 5.54. The molecule has 0 atom stereocenters. The Kier molecular flexibility index (Phi) is 4.94. The molecule has 3 aromatic rings. The van der Waals surface area contributed by atoms with Crippen LogP contribution in [-0.2, 0) is 17.9 Å². The Morgan fingerprint density at radius 2 is 1.76 bits per heavy atom. The molecule has 1 aromatic heterocycles. The van der Waals surface area contributed by atoms with E-state index in [9.17, 15) is 9.59 Å². The molecule has 3 rings (SSSR count). The molecule has 126 valence electrons. The summed E-state index contributed by atoms with van der Waals surface area (Å²) in [7, 11) is 0. The van der Waals surface area contributed by atoms with Crippen LogP contribution in [0.5, 0.6) is 0 Å². The van der Waals surface area contributed by atoms with Crippen LogP contribution in [-0.4, -0.2) is 31.9 Å². The van der Waals surface area contributed by atoms with E-state index in [0.29, 0.717) is 17.9 Å². The summed E-state index contributed by atoms with van der Waals surface area (Å²) in [6, 6.07) is 16.6. The smallest absolute Gasteiger partial charge is 0.217 e. The largest absolute Gasteiger partial charge is 0.352 e. The van der Waals surface area contributed by atoms with Crippen LogP contribution in [0.3, 0.4) is 0 Å². The first-order valence-electron chi connectivity index (χ1n) is 7.81. The van der Waals surface area contributed by atoms with Crippen LogP contribution in [0.2, 0.25) is 0 Å². The van der Waals surface area contributed by atoms with E-state index < -0.39 is 0 Å². The highest BCUT2D eigenvalue weighted by Crippen LogP contribution is 2.12. The molecule has 7 nitrogen and oxygen atoms in total. The van der Waals surface area contributed by atoms with E-state index in [0.717, 1.165) is 11.1 Å². The van der Waals surface area contributed by atoms with Crippen LogP contribution in [0.15, 0.2) is 54.6 Å². The van der Waals surface area contributed by atoms with Gasteiger partial charge < -0.3 is 5.32 Å². The van der Waals surface area contributed by atoms with Crippen LogP contribution in [0.25, 0.3) is 11.4 Å². The first kappa shape index (κ1) is 16.5. The van der Waals surface area contributed by atoms with Crippen molar-refractivity contribution in [1.29, 1.82) is 0 Å². The van der Waals surface area contributed by atoms with E-state index in [2.05, 4.69) is 20.7 Å². The molecule has 1 heterocycles. The van der Waals surface area contributed by atoms with Crippen molar-refractivity contribution >= 4 is 11.7 Å². The molecule has 0 aliphatic rings. The number of nitrogens with one attached hydrogen (secondary N) is 1. The summed E-state index contributed by atoms with van der Waals surface area (Å²) in [5, 5.41) is 14.9. The number of hydrogen-bond donors (Lipinski definition) is 1. The number of amides is 1. The molecule has 0 saturated carbocycles. The topological polar surface area (TPSA) is 89.8 Å². The van der Waals surface area contributed by atoms with Gasteiger partial charge in [-0.3, -0.25) is 9.59 Å². The second-order valence-corrected chi connectivity index (χ2v) is 5.54. The quantitative estimate of drug-likeness (QED) is 0.695. The molecule has 0 aliphatic carbocycles. The highest BCUT2D eigenvalue weighted by Gasteiger charge is 2.11. The predicted octanol–water partition coefficient (Wildman–Crippen LogP) is 1.86.